The van der Waals surface area contributed by atoms with Crippen molar-refractivity contribution in [3.8, 4) is 23.3 Å². The maximum absolute atomic E-state index is 9.21. The van der Waals surface area contributed by atoms with Gasteiger partial charge in [0.2, 0.25) is 11.7 Å². The number of benzene rings is 2. The Morgan fingerprint density at radius 3 is 2.93 bits per heavy atom. The van der Waals surface area contributed by atoms with Crippen LogP contribution in [0.5, 0.6) is 5.75 Å². The van der Waals surface area contributed by atoms with E-state index in [0.717, 1.165) is 11.3 Å². The van der Waals surface area contributed by atoms with Gasteiger partial charge in [0.15, 0.2) is 5.58 Å². The van der Waals surface area contributed by atoms with E-state index < -0.39 is 0 Å². The van der Waals surface area contributed by atoms with Crippen molar-refractivity contribution >= 4 is 34.0 Å². The lowest BCUT2D eigenvalue weighted by molar-refractivity contribution is 0.415. The van der Waals surface area contributed by atoms with Gasteiger partial charge < -0.3 is 14.5 Å². The van der Waals surface area contributed by atoms with E-state index in [1.165, 1.54) is 6.20 Å². The molecule has 2 heterocycles. The second kappa shape index (κ2) is 7.38. The lowest BCUT2D eigenvalue weighted by Gasteiger charge is -2.03. The van der Waals surface area contributed by atoms with Crippen LogP contribution in [-0.4, -0.2) is 32.7 Å². The average Bonchev–Trinajstić information content (AvgIpc) is 3.38. The number of H-pyrrole nitrogens is 1. The van der Waals surface area contributed by atoms with Crippen molar-refractivity contribution in [3.05, 3.63) is 53.4 Å². The molecule has 2 aromatic heterocycles. The summed E-state index contributed by atoms with van der Waals surface area (Å²) in [7, 11) is 1.56. The maximum Gasteiger partial charge on any atom is 0.227 e. The van der Waals surface area contributed by atoms with E-state index in [9.17, 15) is 5.26 Å². The Morgan fingerprint density at radius 1 is 1.32 bits per heavy atom. The summed E-state index contributed by atoms with van der Waals surface area (Å²) in [5.74, 6) is 1.22. The van der Waals surface area contributed by atoms with Crippen molar-refractivity contribution in [3.63, 3.8) is 0 Å². The van der Waals surface area contributed by atoms with Crippen LogP contribution in [0.15, 0.2) is 47.0 Å². The molecule has 0 atom stereocenters. The van der Waals surface area contributed by atoms with E-state index >= 15 is 0 Å². The van der Waals surface area contributed by atoms with E-state index in [2.05, 4.69) is 30.9 Å². The molecule has 9 nitrogen and oxygen atoms in total. The van der Waals surface area contributed by atoms with Crippen molar-refractivity contribution in [2.24, 2.45) is 0 Å². The van der Waals surface area contributed by atoms with E-state index in [-0.39, 0.29) is 11.4 Å². The van der Waals surface area contributed by atoms with E-state index in [4.69, 9.17) is 20.8 Å². The second-order valence-corrected chi connectivity index (χ2v) is 6.01. The zero-order chi connectivity index (χ0) is 19.5. The number of allylic oxidation sites excluding steroid dienone is 1. The Morgan fingerprint density at radius 2 is 2.21 bits per heavy atom. The lowest BCUT2D eigenvalue weighted by Crippen LogP contribution is -1.92. The number of tetrazole rings is 1. The molecule has 0 amide bonds. The molecule has 0 aliphatic carbocycles. The third-order valence-corrected chi connectivity index (χ3v) is 4.17. The number of halogens is 1. The molecule has 0 unspecified atom stereocenters. The van der Waals surface area contributed by atoms with Crippen LogP contribution in [0, 0.1) is 11.3 Å². The molecule has 138 valence electrons. The van der Waals surface area contributed by atoms with Gasteiger partial charge in [-0.1, -0.05) is 11.6 Å². The molecule has 10 heteroatoms. The number of hydrogen-bond donors (Lipinski definition) is 2. The van der Waals surface area contributed by atoms with Gasteiger partial charge in [-0.25, -0.2) is 4.98 Å². The number of methoxy groups -OCH3 is 1. The number of nitrogens with one attached hydrogen (secondary N) is 2. The molecule has 0 saturated carbocycles. The Kier molecular flexibility index (Phi) is 4.62. The number of nitrogens with zero attached hydrogens (tertiary/aromatic N) is 5. The molecule has 0 aliphatic rings. The summed E-state index contributed by atoms with van der Waals surface area (Å²) in [6.45, 7) is 0. The highest BCUT2D eigenvalue weighted by Gasteiger charge is 2.11. The second-order valence-electron chi connectivity index (χ2n) is 5.60. The van der Waals surface area contributed by atoms with Crippen LogP contribution < -0.4 is 10.1 Å². The normalized spacial score (nSPS) is 11.4. The number of oxazole rings is 1. The first-order chi connectivity index (χ1) is 13.7. The van der Waals surface area contributed by atoms with Crippen LogP contribution in [-0.2, 0) is 0 Å². The van der Waals surface area contributed by atoms with Gasteiger partial charge in [0.1, 0.15) is 22.9 Å². The molecule has 0 spiro atoms. The molecule has 28 heavy (non-hydrogen) atoms. The molecule has 2 N–H and O–H groups in total. The van der Waals surface area contributed by atoms with Crippen LogP contribution in [0.3, 0.4) is 0 Å². The van der Waals surface area contributed by atoms with Gasteiger partial charge in [0.25, 0.3) is 0 Å². The predicted octanol–water partition coefficient (Wildman–Crippen LogP) is 3.65. The van der Waals surface area contributed by atoms with Gasteiger partial charge in [0, 0.05) is 17.5 Å². The Hall–Kier alpha value is -3.90. The van der Waals surface area contributed by atoms with Gasteiger partial charge in [-0.3, -0.25) is 0 Å². The summed E-state index contributed by atoms with van der Waals surface area (Å²) in [5, 5.41) is 26.0. The minimum atomic E-state index is 0.205. The van der Waals surface area contributed by atoms with Crippen LogP contribution in [0.2, 0.25) is 5.02 Å². The fourth-order valence-electron chi connectivity index (χ4n) is 2.52. The van der Waals surface area contributed by atoms with Gasteiger partial charge in [-0.05, 0) is 41.6 Å². The fraction of sp³-hybridized carbons (Fsp3) is 0.0556. The number of nitriles is 1. The minimum Gasteiger partial charge on any atom is -0.495 e. The number of aromatic nitrogens is 5. The van der Waals surface area contributed by atoms with Gasteiger partial charge in [-0.2, -0.15) is 10.5 Å². The highest BCUT2D eigenvalue weighted by molar-refractivity contribution is 6.32. The lowest BCUT2D eigenvalue weighted by atomic mass is 10.2. The summed E-state index contributed by atoms with van der Waals surface area (Å²) in [4.78, 5) is 4.51. The number of fused-ring (bicyclic) bond motifs is 1. The first kappa shape index (κ1) is 17.5. The largest absolute Gasteiger partial charge is 0.495 e. The van der Waals surface area contributed by atoms with Crippen molar-refractivity contribution < 1.29 is 9.15 Å². The van der Waals surface area contributed by atoms with Crippen LogP contribution >= 0.6 is 11.6 Å². The standard InChI is InChI=1S/C18H12ClN7O2/c1-27-15-4-2-10(6-13(15)19)18-22-14-7-12(3-5-16(14)28-18)21-9-11(8-20)17-23-25-26-24-17/h2-7,9,21H,1H3,(H,23,24,25,26). The highest BCUT2D eigenvalue weighted by atomic mass is 35.5. The Bertz CT molecular complexity index is 1210. The quantitative estimate of drug-likeness (QED) is 0.492. The smallest absolute Gasteiger partial charge is 0.227 e. The summed E-state index contributed by atoms with van der Waals surface area (Å²) in [5.41, 5.74) is 2.97. The van der Waals surface area contributed by atoms with E-state index in [1.54, 1.807) is 37.4 Å². The molecule has 4 aromatic rings. The van der Waals surface area contributed by atoms with Gasteiger partial charge in [0.05, 0.1) is 12.1 Å². The van der Waals surface area contributed by atoms with Crippen molar-refractivity contribution in [1.29, 1.82) is 5.26 Å². The third kappa shape index (κ3) is 3.36. The van der Waals surface area contributed by atoms with Gasteiger partial charge in [-0.15, -0.1) is 10.2 Å². The number of anilines is 1. The number of aromatic amines is 1. The number of rotatable bonds is 5. The van der Waals surface area contributed by atoms with Crippen molar-refractivity contribution in [2.45, 2.75) is 0 Å². The summed E-state index contributed by atoms with van der Waals surface area (Å²) < 4.78 is 11.0. The Balaban J connectivity index is 1.62. The first-order valence-electron chi connectivity index (χ1n) is 8.03. The third-order valence-electron chi connectivity index (χ3n) is 3.88. The molecular weight excluding hydrogens is 382 g/mol. The molecule has 0 saturated heterocycles. The zero-order valence-electron chi connectivity index (χ0n) is 14.5. The molecule has 0 fully saturated rings. The molecule has 0 aliphatic heterocycles. The average molecular weight is 394 g/mol. The van der Waals surface area contributed by atoms with Crippen LogP contribution in [0.1, 0.15) is 5.82 Å². The summed E-state index contributed by atoms with van der Waals surface area (Å²) in [6.07, 6.45) is 1.50. The molecule has 0 bridgehead atoms. The SMILES string of the molecule is COc1ccc(-c2nc3cc(NC=C(C#N)c4nn[nH]n4)ccc3o2)cc1Cl. The Labute approximate surface area is 163 Å². The van der Waals surface area contributed by atoms with Crippen molar-refractivity contribution in [1.82, 2.24) is 25.6 Å². The molecular formula is C18H12ClN7O2. The topological polar surface area (TPSA) is 126 Å². The summed E-state index contributed by atoms with van der Waals surface area (Å²) >= 11 is 6.18. The molecule has 0 radical (unpaired) electrons. The van der Waals surface area contributed by atoms with Crippen LogP contribution in [0.4, 0.5) is 5.69 Å². The molecule has 2 aromatic carbocycles. The van der Waals surface area contributed by atoms with Crippen molar-refractivity contribution in [2.75, 3.05) is 12.4 Å². The zero-order valence-corrected chi connectivity index (χ0v) is 15.2. The minimum absolute atomic E-state index is 0.205. The van der Waals surface area contributed by atoms with Gasteiger partial charge >= 0.3 is 0 Å². The van der Waals surface area contributed by atoms with E-state index in [0.29, 0.717) is 27.8 Å². The monoisotopic (exact) mass is 393 g/mol. The predicted molar refractivity (Wildman–Crippen MR) is 102 cm³/mol. The van der Waals surface area contributed by atoms with E-state index in [1.807, 2.05) is 12.1 Å². The fourth-order valence-corrected chi connectivity index (χ4v) is 2.78. The number of ether oxygens (including phenoxy) is 1. The first-order valence-corrected chi connectivity index (χ1v) is 8.41. The number of hydrogen-bond acceptors (Lipinski definition) is 8. The van der Waals surface area contributed by atoms with Crippen LogP contribution in [0.25, 0.3) is 28.1 Å². The maximum atomic E-state index is 9.21. The highest BCUT2D eigenvalue weighted by Crippen LogP contribution is 2.32. The molecule has 4 rings (SSSR count). The summed E-state index contributed by atoms with van der Waals surface area (Å²) in [6, 6.07) is 12.7.